The van der Waals surface area contributed by atoms with Gasteiger partial charge >= 0.3 is 0 Å². The highest BCUT2D eigenvalue weighted by Gasteiger charge is 2.19. The molecule has 3 amide bonds. The molecule has 31 heavy (non-hydrogen) atoms. The van der Waals surface area contributed by atoms with Gasteiger partial charge in [0.2, 0.25) is 17.7 Å². The summed E-state index contributed by atoms with van der Waals surface area (Å²) in [5, 5.41) is 18.5. The molecule has 0 spiro atoms. The smallest absolute Gasteiger partial charge is 0.240 e. The van der Waals surface area contributed by atoms with Crippen molar-refractivity contribution in [2.24, 2.45) is 0 Å². The number of imidazole rings is 1. The Balaban J connectivity index is 1.54. The molecule has 0 saturated heterocycles. The second-order valence-electron chi connectivity index (χ2n) is 7.42. The molecule has 1 heterocycles. The third kappa shape index (κ3) is 6.83. The van der Waals surface area contributed by atoms with Crippen LogP contribution in [-0.4, -0.2) is 44.2 Å². The summed E-state index contributed by atoms with van der Waals surface area (Å²) in [5.74, 6) is -0.416. The summed E-state index contributed by atoms with van der Waals surface area (Å²) in [4.78, 5) is 40.0. The number of rotatable bonds is 9. The van der Waals surface area contributed by atoms with Crippen molar-refractivity contribution in [3.8, 4) is 0 Å². The number of carbonyl (C=O) groups excluding carboxylic acids is 3. The standard InChI is InChI=1S/C21H27N5O4S/c1-14(28)23-16-6-8-17(9-7-16)25-20(30)13-31-21-22-10-18(12-27)26(21)11-19(29)24-15-4-2-3-5-15/h6-10,15,27H,2-5,11-13H2,1H3,(H,23,28)(H,24,29)(H,25,30). The van der Waals surface area contributed by atoms with E-state index in [-0.39, 0.29) is 42.7 Å². The van der Waals surface area contributed by atoms with Crippen molar-refractivity contribution in [1.82, 2.24) is 14.9 Å². The van der Waals surface area contributed by atoms with Gasteiger partial charge < -0.3 is 25.6 Å². The number of thioether (sulfide) groups is 1. The van der Waals surface area contributed by atoms with E-state index in [4.69, 9.17) is 0 Å². The van der Waals surface area contributed by atoms with E-state index in [1.54, 1.807) is 28.8 Å². The molecule has 0 unspecified atom stereocenters. The van der Waals surface area contributed by atoms with Crippen molar-refractivity contribution < 1.29 is 19.5 Å². The Hall–Kier alpha value is -2.85. The van der Waals surface area contributed by atoms with Crippen LogP contribution in [0.2, 0.25) is 0 Å². The summed E-state index contributed by atoms with van der Waals surface area (Å²) in [6.45, 7) is 1.25. The fraction of sp³-hybridized carbons (Fsp3) is 0.429. The molecule has 1 fully saturated rings. The Bertz CT molecular complexity index is 922. The van der Waals surface area contributed by atoms with Gasteiger partial charge in [0.25, 0.3) is 0 Å². The summed E-state index contributed by atoms with van der Waals surface area (Å²) >= 11 is 1.20. The normalized spacial score (nSPS) is 13.7. The number of nitrogens with one attached hydrogen (secondary N) is 3. The molecule has 166 valence electrons. The van der Waals surface area contributed by atoms with E-state index >= 15 is 0 Å². The molecule has 1 saturated carbocycles. The number of amides is 3. The zero-order valence-electron chi connectivity index (χ0n) is 17.4. The highest BCUT2D eigenvalue weighted by molar-refractivity contribution is 7.99. The number of aromatic nitrogens is 2. The van der Waals surface area contributed by atoms with Crippen LogP contribution in [0.4, 0.5) is 11.4 Å². The monoisotopic (exact) mass is 445 g/mol. The van der Waals surface area contributed by atoms with Gasteiger partial charge in [0.15, 0.2) is 5.16 Å². The lowest BCUT2D eigenvalue weighted by Crippen LogP contribution is -2.35. The Labute approximate surface area is 185 Å². The summed E-state index contributed by atoms with van der Waals surface area (Å²) in [7, 11) is 0. The first-order valence-electron chi connectivity index (χ1n) is 10.2. The van der Waals surface area contributed by atoms with Gasteiger partial charge in [-0.25, -0.2) is 4.98 Å². The fourth-order valence-corrected chi connectivity index (χ4v) is 4.25. The van der Waals surface area contributed by atoms with Crippen LogP contribution in [-0.2, 0) is 27.5 Å². The molecule has 0 aliphatic heterocycles. The highest BCUT2D eigenvalue weighted by atomic mass is 32.2. The van der Waals surface area contributed by atoms with Gasteiger partial charge in [0.1, 0.15) is 6.54 Å². The van der Waals surface area contributed by atoms with E-state index in [1.807, 2.05) is 0 Å². The Morgan fingerprint density at radius 1 is 1.10 bits per heavy atom. The minimum atomic E-state index is -0.239. The average molecular weight is 446 g/mol. The lowest BCUT2D eigenvalue weighted by Gasteiger charge is -2.14. The van der Waals surface area contributed by atoms with Gasteiger partial charge in [-0.3, -0.25) is 14.4 Å². The van der Waals surface area contributed by atoms with Gasteiger partial charge in [-0.05, 0) is 37.1 Å². The maximum atomic E-state index is 12.4. The van der Waals surface area contributed by atoms with E-state index in [9.17, 15) is 19.5 Å². The molecule has 0 atom stereocenters. The molecule has 9 nitrogen and oxygen atoms in total. The topological polar surface area (TPSA) is 125 Å². The Morgan fingerprint density at radius 3 is 2.35 bits per heavy atom. The summed E-state index contributed by atoms with van der Waals surface area (Å²) in [6, 6.07) is 7.02. The minimum Gasteiger partial charge on any atom is -0.390 e. The van der Waals surface area contributed by atoms with E-state index in [2.05, 4.69) is 20.9 Å². The zero-order chi connectivity index (χ0) is 22.2. The van der Waals surface area contributed by atoms with Crippen LogP contribution in [0.3, 0.4) is 0 Å². The lowest BCUT2D eigenvalue weighted by atomic mass is 10.2. The molecule has 1 aliphatic rings. The van der Waals surface area contributed by atoms with Crippen molar-refractivity contribution in [3.63, 3.8) is 0 Å². The molecule has 2 aromatic rings. The van der Waals surface area contributed by atoms with Crippen molar-refractivity contribution >= 4 is 40.9 Å². The van der Waals surface area contributed by atoms with Gasteiger partial charge in [-0.2, -0.15) is 0 Å². The maximum absolute atomic E-state index is 12.4. The van der Waals surface area contributed by atoms with Crippen molar-refractivity contribution in [2.75, 3.05) is 16.4 Å². The Kier molecular flexibility index (Phi) is 8.07. The molecular weight excluding hydrogens is 418 g/mol. The number of nitrogens with zero attached hydrogens (tertiary/aromatic N) is 2. The van der Waals surface area contributed by atoms with E-state index < -0.39 is 0 Å². The van der Waals surface area contributed by atoms with E-state index in [0.717, 1.165) is 25.7 Å². The number of hydrogen-bond donors (Lipinski definition) is 4. The maximum Gasteiger partial charge on any atom is 0.240 e. The molecule has 4 N–H and O–H groups in total. The number of carbonyl (C=O) groups is 3. The van der Waals surface area contributed by atoms with Crippen molar-refractivity contribution in [2.45, 2.75) is 57.0 Å². The van der Waals surface area contributed by atoms with E-state index in [1.165, 1.54) is 24.9 Å². The first kappa shape index (κ1) is 22.8. The second kappa shape index (κ2) is 11.0. The predicted octanol–water partition coefficient (Wildman–Crippen LogP) is 2.12. The first-order valence-corrected chi connectivity index (χ1v) is 11.2. The van der Waals surface area contributed by atoms with Gasteiger partial charge in [0.05, 0.1) is 24.3 Å². The summed E-state index contributed by atoms with van der Waals surface area (Å²) in [6.07, 6.45) is 5.77. The quantitative estimate of drug-likeness (QED) is 0.438. The summed E-state index contributed by atoms with van der Waals surface area (Å²) < 4.78 is 1.64. The highest BCUT2D eigenvalue weighted by Crippen LogP contribution is 2.21. The SMILES string of the molecule is CC(=O)Nc1ccc(NC(=O)CSc2ncc(CO)n2CC(=O)NC2CCCC2)cc1. The van der Waals surface area contributed by atoms with Gasteiger partial charge in [-0.1, -0.05) is 24.6 Å². The summed E-state index contributed by atoms with van der Waals surface area (Å²) in [5.41, 5.74) is 1.78. The zero-order valence-corrected chi connectivity index (χ0v) is 18.2. The molecule has 3 rings (SSSR count). The second-order valence-corrected chi connectivity index (χ2v) is 8.36. The first-order chi connectivity index (χ1) is 14.9. The number of aliphatic hydroxyl groups excluding tert-OH is 1. The van der Waals surface area contributed by atoms with Gasteiger partial charge in [-0.15, -0.1) is 0 Å². The van der Waals surface area contributed by atoms with Crippen molar-refractivity contribution in [3.05, 3.63) is 36.2 Å². The predicted molar refractivity (Wildman–Crippen MR) is 119 cm³/mol. The molecule has 1 aliphatic carbocycles. The number of hydrogen-bond acceptors (Lipinski definition) is 6. The van der Waals surface area contributed by atoms with Crippen LogP contribution in [0, 0.1) is 0 Å². The van der Waals surface area contributed by atoms with Crippen LogP contribution in [0.5, 0.6) is 0 Å². The fourth-order valence-electron chi connectivity index (χ4n) is 3.46. The lowest BCUT2D eigenvalue weighted by molar-refractivity contribution is -0.122. The van der Waals surface area contributed by atoms with Crippen LogP contribution in [0.1, 0.15) is 38.3 Å². The average Bonchev–Trinajstić information content (AvgIpc) is 3.37. The molecule has 0 bridgehead atoms. The number of benzene rings is 1. The number of anilines is 2. The minimum absolute atomic E-state index is 0.0565. The van der Waals surface area contributed by atoms with Crippen LogP contribution >= 0.6 is 11.8 Å². The Morgan fingerprint density at radius 2 is 1.74 bits per heavy atom. The molecule has 1 aromatic heterocycles. The van der Waals surface area contributed by atoms with Gasteiger partial charge in [0, 0.05) is 24.3 Å². The molecule has 1 aromatic carbocycles. The molecular formula is C21H27N5O4S. The number of aliphatic hydroxyl groups is 1. The third-order valence-electron chi connectivity index (χ3n) is 4.91. The largest absolute Gasteiger partial charge is 0.390 e. The van der Waals surface area contributed by atoms with Crippen LogP contribution in [0.25, 0.3) is 0 Å². The van der Waals surface area contributed by atoms with Crippen LogP contribution < -0.4 is 16.0 Å². The van der Waals surface area contributed by atoms with Crippen molar-refractivity contribution in [1.29, 1.82) is 0 Å². The van der Waals surface area contributed by atoms with Crippen LogP contribution in [0.15, 0.2) is 35.6 Å². The molecule has 10 heteroatoms. The van der Waals surface area contributed by atoms with E-state index in [0.29, 0.717) is 22.2 Å². The third-order valence-corrected chi connectivity index (χ3v) is 5.90. The molecule has 0 radical (unpaired) electrons.